The van der Waals surface area contributed by atoms with Crippen LogP contribution >= 0.6 is 0 Å². The van der Waals surface area contributed by atoms with Gasteiger partial charge in [-0.1, -0.05) is 18.6 Å². The third-order valence-corrected chi connectivity index (χ3v) is 6.16. The molecule has 2 aliphatic carbocycles. The molecule has 4 rings (SSSR count). The molecule has 0 radical (unpaired) electrons. The molecule has 3 fully saturated rings. The van der Waals surface area contributed by atoms with E-state index in [0.29, 0.717) is 31.5 Å². The Morgan fingerprint density at radius 1 is 1.32 bits per heavy atom. The molecule has 1 saturated heterocycles. The lowest BCUT2D eigenvalue weighted by Crippen LogP contribution is -2.42. The van der Waals surface area contributed by atoms with Crippen molar-refractivity contribution in [3.63, 3.8) is 0 Å². The number of benzene rings is 1. The summed E-state index contributed by atoms with van der Waals surface area (Å²) in [5.41, 5.74) is 1.03. The maximum Gasteiger partial charge on any atom is 0.225 e. The van der Waals surface area contributed by atoms with Crippen LogP contribution in [-0.2, 0) is 16.1 Å². The van der Waals surface area contributed by atoms with Crippen LogP contribution in [0, 0.1) is 17.8 Å². The Kier molecular flexibility index (Phi) is 4.40. The Bertz CT molecular complexity index is 675. The van der Waals surface area contributed by atoms with E-state index in [0.717, 1.165) is 23.7 Å². The van der Waals surface area contributed by atoms with E-state index in [1.165, 1.54) is 19.3 Å². The van der Waals surface area contributed by atoms with Crippen LogP contribution in [0.25, 0.3) is 0 Å². The molecule has 2 amide bonds. The highest BCUT2D eigenvalue weighted by atomic mass is 16.5. The van der Waals surface area contributed by atoms with Crippen molar-refractivity contribution >= 4 is 11.8 Å². The summed E-state index contributed by atoms with van der Waals surface area (Å²) in [6.07, 6.45) is 5.31. The van der Waals surface area contributed by atoms with E-state index in [4.69, 9.17) is 4.74 Å². The van der Waals surface area contributed by atoms with E-state index in [9.17, 15) is 9.59 Å². The van der Waals surface area contributed by atoms with Crippen LogP contribution in [0.2, 0.25) is 0 Å². The zero-order valence-corrected chi connectivity index (χ0v) is 14.7. The summed E-state index contributed by atoms with van der Waals surface area (Å²) in [4.78, 5) is 26.7. The number of nitrogens with zero attached hydrogens (tertiary/aromatic N) is 1. The molecule has 1 aromatic rings. The predicted octanol–water partition coefficient (Wildman–Crippen LogP) is 2.35. The third kappa shape index (κ3) is 3.37. The molecule has 0 spiro atoms. The summed E-state index contributed by atoms with van der Waals surface area (Å²) in [5.74, 6) is 2.19. The number of fused-ring (bicyclic) bond motifs is 2. The number of hydrogen-bond donors (Lipinski definition) is 1. The van der Waals surface area contributed by atoms with Gasteiger partial charge in [-0.05, 0) is 48.8 Å². The van der Waals surface area contributed by atoms with Gasteiger partial charge in [0.15, 0.2) is 0 Å². The highest BCUT2D eigenvalue weighted by Gasteiger charge is 2.42. The van der Waals surface area contributed by atoms with Crippen LogP contribution in [0.15, 0.2) is 24.3 Å². The van der Waals surface area contributed by atoms with E-state index in [1.54, 1.807) is 12.0 Å². The van der Waals surface area contributed by atoms with Crippen molar-refractivity contribution in [3.8, 4) is 5.75 Å². The smallest absolute Gasteiger partial charge is 0.225 e. The first-order valence-corrected chi connectivity index (χ1v) is 9.33. The van der Waals surface area contributed by atoms with Gasteiger partial charge in [-0.2, -0.15) is 0 Å². The molecule has 25 heavy (non-hydrogen) atoms. The molecular weight excluding hydrogens is 316 g/mol. The lowest BCUT2D eigenvalue weighted by atomic mass is 9.94. The fourth-order valence-corrected chi connectivity index (χ4v) is 4.81. The highest BCUT2D eigenvalue weighted by molar-refractivity contribution is 5.89. The zero-order chi connectivity index (χ0) is 17.4. The third-order valence-electron chi connectivity index (χ3n) is 6.16. The molecule has 5 nitrogen and oxygen atoms in total. The van der Waals surface area contributed by atoms with Crippen molar-refractivity contribution in [1.82, 2.24) is 10.2 Å². The van der Waals surface area contributed by atoms with Gasteiger partial charge in [0.25, 0.3) is 0 Å². The van der Waals surface area contributed by atoms with Gasteiger partial charge in [0.05, 0.1) is 13.0 Å². The molecule has 134 valence electrons. The number of rotatable bonds is 5. The summed E-state index contributed by atoms with van der Waals surface area (Å²) in [5, 5.41) is 3.24. The van der Waals surface area contributed by atoms with Crippen LogP contribution in [-0.4, -0.2) is 36.4 Å². The van der Waals surface area contributed by atoms with Crippen molar-refractivity contribution in [3.05, 3.63) is 29.8 Å². The van der Waals surface area contributed by atoms with Gasteiger partial charge in [-0.15, -0.1) is 0 Å². The molecular formula is C20H26N2O3. The standard InChI is InChI=1S/C20H26N2O3/c1-25-17-4-2-3-14(8-17)11-22-12-16(10-19(22)23)20(24)21-18-9-13-5-6-15(18)7-13/h2-4,8,13,15-16,18H,5-7,9-12H2,1H3,(H,21,24)/t13-,15-,16-,18-/m0/s1. The Labute approximate surface area is 148 Å². The fourth-order valence-electron chi connectivity index (χ4n) is 4.81. The van der Waals surface area contributed by atoms with Gasteiger partial charge in [-0.3, -0.25) is 9.59 Å². The van der Waals surface area contributed by atoms with Gasteiger partial charge < -0.3 is 15.0 Å². The normalized spacial score (nSPS) is 30.8. The fraction of sp³-hybridized carbons (Fsp3) is 0.600. The molecule has 1 aliphatic heterocycles. The number of methoxy groups -OCH3 is 1. The minimum absolute atomic E-state index is 0.0657. The van der Waals surface area contributed by atoms with Gasteiger partial charge in [-0.25, -0.2) is 0 Å². The van der Waals surface area contributed by atoms with E-state index in [1.807, 2.05) is 24.3 Å². The average molecular weight is 342 g/mol. The number of likely N-dealkylation sites (tertiary alicyclic amines) is 1. The number of carbonyl (C=O) groups excluding carboxylic acids is 2. The van der Waals surface area contributed by atoms with Crippen molar-refractivity contribution < 1.29 is 14.3 Å². The summed E-state index contributed by atoms with van der Waals surface area (Å²) < 4.78 is 5.24. The quantitative estimate of drug-likeness (QED) is 0.894. The minimum Gasteiger partial charge on any atom is -0.497 e. The number of ether oxygens (including phenoxy) is 1. The second-order valence-corrected chi connectivity index (χ2v) is 7.82. The molecule has 4 atom stereocenters. The van der Waals surface area contributed by atoms with Crippen LogP contribution in [0.3, 0.4) is 0 Å². The molecule has 1 heterocycles. The van der Waals surface area contributed by atoms with E-state index >= 15 is 0 Å². The SMILES string of the molecule is COc1cccc(CN2C[C@@H](C(=O)N[C@H]3C[C@H]4CC[C@H]3C4)CC2=O)c1. The maximum atomic E-state index is 12.6. The summed E-state index contributed by atoms with van der Waals surface area (Å²) in [6, 6.07) is 8.08. The van der Waals surface area contributed by atoms with Crippen molar-refractivity contribution in [2.45, 2.75) is 44.7 Å². The van der Waals surface area contributed by atoms with E-state index in [-0.39, 0.29) is 17.7 Å². The van der Waals surface area contributed by atoms with Crippen molar-refractivity contribution in [2.75, 3.05) is 13.7 Å². The van der Waals surface area contributed by atoms with Crippen LogP contribution < -0.4 is 10.1 Å². The van der Waals surface area contributed by atoms with Crippen LogP contribution in [0.5, 0.6) is 5.75 Å². The largest absolute Gasteiger partial charge is 0.497 e. The van der Waals surface area contributed by atoms with Gasteiger partial charge in [0.2, 0.25) is 11.8 Å². The maximum absolute atomic E-state index is 12.6. The topological polar surface area (TPSA) is 58.6 Å². The number of amides is 2. The van der Waals surface area contributed by atoms with Gasteiger partial charge >= 0.3 is 0 Å². The first-order chi connectivity index (χ1) is 12.1. The Morgan fingerprint density at radius 2 is 2.20 bits per heavy atom. The second-order valence-electron chi connectivity index (χ2n) is 7.82. The lowest BCUT2D eigenvalue weighted by molar-refractivity contribution is -0.129. The lowest BCUT2D eigenvalue weighted by Gasteiger charge is -2.24. The molecule has 0 unspecified atom stereocenters. The Morgan fingerprint density at radius 3 is 2.92 bits per heavy atom. The highest BCUT2D eigenvalue weighted by Crippen LogP contribution is 2.44. The molecule has 2 bridgehead atoms. The molecule has 5 heteroatoms. The van der Waals surface area contributed by atoms with E-state index in [2.05, 4.69) is 5.32 Å². The first kappa shape index (κ1) is 16.4. The summed E-state index contributed by atoms with van der Waals surface area (Å²) in [6.45, 7) is 1.05. The Hall–Kier alpha value is -2.04. The number of nitrogens with one attached hydrogen (secondary N) is 1. The van der Waals surface area contributed by atoms with Gasteiger partial charge in [0.1, 0.15) is 5.75 Å². The average Bonchev–Trinajstić information content (AvgIpc) is 3.31. The molecule has 1 aromatic carbocycles. The molecule has 2 saturated carbocycles. The molecule has 3 aliphatic rings. The summed E-state index contributed by atoms with van der Waals surface area (Å²) >= 11 is 0. The predicted molar refractivity (Wildman–Crippen MR) is 93.9 cm³/mol. The van der Waals surface area contributed by atoms with E-state index < -0.39 is 0 Å². The van der Waals surface area contributed by atoms with Crippen LogP contribution in [0.1, 0.15) is 37.7 Å². The monoisotopic (exact) mass is 342 g/mol. The minimum atomic E-state index is -0.211. The van der Waals surface area contributed by atoms with Gasteiger partial charge in [0, 0.05) is 25.6 Å². The number of carbonyl (C=O) groups is 2. The van der Waals surface area contributed by atoms with Crippen molar-refractivity contribution in [1.29, 1.82) is 0 Å². The second kappa shape index (κ2) is 6.70. The number of hydrogen-bond acceptors (Lipinski definition) is 3. The van der Waals surface area contributed by atoms with Crippen molar-refractivity contribution in [2.24, 2.45) is 17.8 Å². The molecule has 1 N–H and O–H groups in total. The Balaban J connectivity index is 1.34. The summed E-state index contributed by atoms with van der Waals surface area (Å²) in [7, 11) is 1.64. The zero-order valence-electron chi connectivity index (χ0n) is 14.7. The first-order valence-electron chi connectivity index (χ1n) is 9.33. The molecule has 0 aromatic heterocycles. The van der Waals surface area contributed by atoms with Crippen LogP contribution in [0.4, 0.5) is 0 Å².